The minimum Gasteiger partial charge on any atom is -0.495 e. The molecular formula is C16H15ClN2OS. The van der Waals surface area contributed by atoms with Crippen molar-refractivity contribution in [3.63, 3.8) is 0 Å². The fourth-order valence-electron chi connectivity index (χ4n) is 1.95. The molecule has 5 heteroatoms. The number of ether oxygens (including phenoxy) is 1. The third-order valence-electron chi connectivity index (χ3n) is 2.87. The lowest BCUT2D eigenvalue weighted by molar-refractivity contribution is 0.417. The SMILES string of the molecule is CCSc1cccc(Nc2cc(Cl)ccc2OC)c1C#N. The van der Waals surface area contributed by atoms with Gasteiger partial charge in [0.2, 0.25) is 0 Å². The molecule has 0 saturated carbocycles. The fourth-order valence-corrected chi connectivity index (χ4v) is 2.91. The Labute approximate surface area is 133 Å². The first-order valence-electron chi connectivity index (χ1n) is 6.46. The van der Waals surface area contributed by atoms with Crippen LogP contribution in [0.4, 0.5) is 11.4 Å². The lowest BCUT2D eigenvalue weighted by Gasteiger charge is -2.14. The molecule has 0 heterocycles. The molecular weight excluding hydrogens is 304 g/mol. The maximum atomic E-state index is 9.42. The maximum absolute atomic E-state index is 9.42. The zero-order valence-electron chi connectivity index (χ0n) is 11.8. The third-order valence-corrected chi connectivity index (χ3v) is 4.04. The van der Waals surface area contributed by atoms with Gasteiger partial charge in [-0.25, -0.2) is 0 Å². The van der Waals surface area contributed by atoms with E-state index in [0.29, 0.717) is 16.3 Å². The minimum absolute atomic E-state index is 0.607. The Balaban J connectivity index is 2.42. The van der Waals surface area contributed by atoms with Crippen molar-refractivity contribution in [3.8, 4) is 11.8 Å². The number of halogens is 1. The van der Waals surface area contributed by atoms with Crippen molar-refractivity contribution in [2.75, 3.05) is 18.2 Å². The van der Waals surface area contributed by atoms with Crippen LogP contribution < -0.4 is 10.1 Å². The van der Waals surface area contributed by atoms with Crippen LogP contribution in [0.3, 0.4) is 0 Å². The summed E-state index contributed by atoms with van der Waals surface area (Å²) < 4.78 is 5.31. The van der Waals surface area contributed by atoms with Crippen LogP contribution >= 0.6 is 23.4 Å². The van der Waals surface area contributed by atoms with Crippen LogP contribution in [0.25, 0.3) is 0 Å². The number of rotatable bonds is 5. The summed E-state index contributed by atoms with van der Waals surface area (Å²) in [5.74, 6) is 1.59. The number of methoxy groups -OCH3 is 1. The molecule has 0 aliphatic rings. The van der Waals surface area contributed by atoms with E-state index in [0.717, 1.165) is 22.0 Å². The van der Waals surface area contributed by atoms with Gasteiger partial charge in [0.05, 0.1) is 24.0 Å². The summed E-state index contributed by atoms with van der Waals surface area (Å²) in [6, 6.07) is 13.4. The Kier molecular flexibility index (Phi) is 5.38. The predicted octanol–water partition coefficient (Wildman–Crippen LogP) is 5.08. The number of benzene rings is 2. The van der Waals surface area contributed by atoms with Gasteiger partial charge in [-0.05, 0) is 36.1 Å². The summed E-state index contributed by atoms with van der Waals surface area (Å²) >= 11 is 7.67. The molecule has 0 amide bonds. The molecule has 0 aromatic heterocycles. The first-order chi connectivity index (χ1) is 10.2. The van der Waals surface area contributed by atoms with Crippen LogP contribution in [0.1, 0.15) is 12.5 Å². The maximum Gasteiger partial charge on any atom is 0.142 e. The van der Waals surface area contributed by atoms with Gasteiger partial charge in [-0.15, -0.1) is 11.8 Å². The number of anilines is 2. The molecule has 108 valence electrons. The largest absolute Gasteiger partial charge is 0.495 e. The Morgan fingerprint density at radius 2 is 2.10 bits per heavy atom. The highest BCUT2D eigenvalue weighted by molar-refractivity contribution is 7.99. The molecule has 0 saturated heterocycles. The van der Waals surface area contributed by atoms with E-state index in [4.69, 9.17) is 16.3 Å². The average Bonchev–Trinajstić information content (AvgIpc) is 2.48. The molecule has 21 heavy (non-hydrogen) atoms. The van der Waals surface area contributed by atoms with E-state index >= 15 is 0 Å². The van der Waals surface area contributed by atoms with Gasteiger partial charge in [-0.1, -0.05) is 24.6 Å². The summed E-state index contributed by atoms with van der Waals surface area (Å²) in [6.07, 6.45) is 0. The van der Waals surface area contributed by atoms with Crippen molar-refractivity contribution in [2.24, 2.45) is 0 Å². The topological polar surface area (TPSA) is 45.0 Å². The van der Waals surface area contributed by atoms with E-state index in [2.05, 4.69) is 18.3 Å². The van der Waals surface area contributed by atoms with E-state index in [1.165, 1.54) is 0 Å². The molecule has 2 aromatic rings. The molecule has 0 bridgehead atoms. The number of nitrogens with zero attached hydrogens (tertiary/aromatic N) is 1. The standard InChI is InChI=1S/C16H15ClN2OS/c1-3-21-16-6-4-5-13(12(16)10-18)19-14-9-11(17)7-8-15(14)20-2/h4-9,19H,3H2,1-2H3. The number of nitriles is 1. The summed E-state index contributed by atoms with van der Waals surface area (Å²) in [6.45, 7) is 2.06. The second-order valence-corrected chi connectivity index (χ2v) is 5.94. The second kappa shape index (κ2) is 7.26. The zero-order valence-corrected chi connectivity index (χ0v) is 13.4. The molecule has 0 aliphatic carbocycles. The van der Waals surface area contributed by atoms with Gasteiger partial charge >= 0.3 is 0 Å². The summed E-state index contributed by atoms with van der Waals surface area (Å²) in [5, 5.41) is 13.3. The van der Waals surface area contributed by atoms with Crippen LogP contribution in [0.15, 0.2) is 41.3 Å². The molecule has 0 spiro atoms. The smallest absolute Gasteiger partial charge is 0.142 e. The average molecular weight is 319 g/mol. The number of hydrogen-bond donors (Lipinski definition) is 1. The number of nitrogens with one attached hydrogen (secondary N) is 1. The molecule has 2 aromatic carbocycles. The van der Waals surface area contributed by atoms with Crippen molar-refractivity contribution >= 4 is 34.7 Å². The Bertz CT molecular complexity index is 682. The lowest BCUT2D eigenvalue weighted by atomic mass is 10.2. The molecule has 1 N–H and O–H groups in total. The lowest BCUT2D eigenvalue weighted by Crippen LogP contribution is -1.98. The van der Waals surface area contributed by atoms with E-state index in [1.54, 1.807) is 37.1 Å². The van der Waals surface area contributed by atoms with Crippen LogP contribution in [0, 0.1) is 11.3 Å². The van der Waals surface area contributed by atoms with Crippen LogP contribution in [-0.4, -0.2) is 12.9 Å². The highest BCUT2D eigenvalue weighted by atomic mass is 35.5. The van der Waals surface area contributed by atoms with Crippen LogP contribution in [-0.2, 0) is 0 Å². The third kappa shape index (κ3) is 3.63. The van der Waals surface area contributed by atoms with E-state index in [1.807, 2.05) is 18.2 Å². The van der Waals surface area contributed by atoms with Crippen molar-refractivity contribution in [3.05, 3.63) is 47.0 Å². The van der Waals surface area contributed by atoms with Gasteiger partial charge in [0.25, 0.3) is 0 Å². The predicted molar refractivity (Wildman–Crippen MR) is 88.8 cm³/mol. The number of thioether (sulfide) groups is 1. The highest BCUT2D eigenvalue weighted by Gasteiger charge is 2.11. The first-order valence-corrected chi connectivity index (χ1v) is 7.82. The van der Waals surface area contributed by atoms with Crippen LogP contribution in [0.5, 0.6) is 5.75 Å². The van der Waals surface area contributed by atoms with Gasteiger partial charge < -0.3 is 10.1 Å². The van der Waals surface area contributed by atoms with Gasteiger partial charge in [0.1, 0.15) is 11.8 Å². The van der Waals surface area contributed by atoms with Crippen LogP contribution in [0.2, 0.25) is 5.02 Å². The monoisotopic (exact) mass is 318 g/mol. The quantitative estimate of drug-likeness (QED) is 0.781. The van der Waals surface area contributed by atoms with E-state index < -0.39 is 0 Å². The van der Waals surface area contributed by atoms with Crippen molar-refractivity contribution in [1.82, 2.24) is 0 Å². The van der Waals surface area contributed by atoms with Gasteiger partial charge in [0.15, 0.2) is 0 Å². The molecule has 3 nitrogen and oxygen atoms in total. The second-order valence-electron chi connectivity index (χ2n) is 4.19. The first kappa shape index (κ1) is 15.6. The Morgan fingerprint density at radius 3 is 2.76 bits per heavy atom. The Hall–Kier alpha value is -1.83. The van der Waals surface area contributed by atoms with E-state index in [9.17, 15) is 5.26 Å². The molecule has 0 radical (unpaired) electrons. The summed E-state index contributed by atoms with van der Waals surface area (Å²) in [7, 11) is 1.60. The van der Waals surface area contributed by atoms with Gasteiger partial charge in [0, 0.05) is 9.92 Å². The van der Waals surface area contributed by atoms with Crippen molar-refractivity contribution < 1.29 is 4.74 Å². The zero-order chi connectivity index (χ0) is 15.2. The molecule has 0 fully saturated rings. The summed E-state index contributed by atoms with van der Waals surface area (Å²) in [5.41, 5.74) is 2.11. The van der Waals surface area contributed by atoms with Gasteiger partial charge in [-0.3, -0.25) is 0 Å². The summed E-state index contributed by atoms with van der Waals surface area (Å²) in [4.78, 5) is 0.964. The van der Waals surface area contributed by atoms with E-state index in [-0.39, 0.29) is 0 Å². The molecule has 0 aliphatic heterocycles. The number of hydrogen-bond acceptors (Lipinski definition) is 4. The molecule has 0 unspecified atom stereocenters. The minimum atomic E-state index is 0.607. The Morgan fingerprint density at radius 1 is 1.29 bits per heavy atom. The molecule has 2 rings (SSSR count). The van der Waals surface area contributed by atoms with Crippen molar-refractivity contribution in [2.45, 2.75) is 11.8 Å². The van der Waals surface area contributed by atoms with Crippen molar-refractivity contribution in [1.29, 1.82) is 5.26 Å². The highest BCUT2D eigenvalue weighted by Crippen LogP contribution is 2.34. The van der Waals surface area contributed by atoms with Gasteiger partial charge in [-0.2, -0.15) is 5.26 Å². The fraction of sp³-hybridized carbons (Fsp3) is 0.188. The normalized spacial score (nSPS) is 10.0. The molecule has 0 atom stereocenters.